The van der Waals surface area contributed by atoms with Crippen LogP contribution in [0.1, 0.15) is 9.67 Å². The number of rotatable bonds is 5. The summed E-state index contributed by atoms with van der Waals surface area (Å²) in [6, 6.07) is 5.57. The molecule has 0 spiro atoms. The van der Waals surface area contributed by atoms with Crippen molar-refractivity contribution >= 4 is 57.8 Å². The maximum atomic E-state index is 12.2. The molecule has 2 aromatic rings. The van der Waals surface area contributed by atoms with E-state index >= 15 is 0 Å². The number of nitrogen functional groups attached to an aromatic ring is 1. The van der Waals surface area contributed by atoms with E-state index in [1.165, 1.54) is 11.3 Å². The lowest BCUT2D eigenvalue weighted by atomic mass is 10.2. The average Bonchev–Trinajstić information content (AvgIpc) is 2.75. The Balaban J connectivity index is 0.00000220. The lowest BCUT2D eigenvalue weighted by Gasteiger charge is -2.10. The zero-order chi connectivity index (χ0) is 14.7. The van der Waals surface area contributed by atoms with Crippen LogP contribution in [0.4, 0.5) is 5.69 Å². The molecule has 0 bridgehead atoms. The third-order valence-corrected chi connectivity index (χ3v) is 4.07. The van der Waals surface area contributed by atoms with E-state index in [2.05, 4.69) is 5.32 Å². The second-order valence-corrected chi connectivity index (χ2v) is 5.83. The molecule has 1 aromatic heterocycles. The van der Waals surface area contributed by atoms with Gasteiger partial charge >= 0.3 is 0 Å². The first-order valence-electron chi connectivity index (χ1n) is 6.32. The molecule has 0 saturated heterocycles. The number of anilines is 1. The number of hydrogen-bond donors (Lipinski definition) is 2. The minimum Gasteiger partial charge on any atom is -0.494 e. The van der Waals surface area contributed by atoms with Crippen molar-refractivity contribution in [2.24, 2.45) is 0 Å². The quantitative estimate of drug-likeness (QED) is 0.799. The van der Waals surface area contributed by atoms with Gasteiger partial charge in [0.25, 0.3) is 5.91 Å². The number of nitrogens with zero attached hydrogens (tertiary/aromatic N) is 1. The number of amides is 1. The third kappa shape index (κ3) is 4.64. The summed E-state index contributed by atoms with van der Waals surface area (Å²) in [5.74, 6) is 0.489. The first kappa shape index (κ1) is 20.8. The number of carbonyl (C=O) groups excluding carboxylic acids is 1. The summed E-state index contributed by atoms with van der Waals surface area (Å²) >= 11 is 1.42. The van der Waals surface area contributed by atoms with Crippen LogP contribution in [0, 0.1) is 0 Å². The summed E-state index contributed by atoms with van der Waals surface area (Å²) in [6.07, 6.45) is 0. The zero-order valence-electron chi connectivity index (χ0n) is 12.7. The first-order chi connectivity index (χ1) is 9.52. The van der Waals surface area contributed by atoms with Crippen LogP contribution in [0.3, 0.4) is 0 Å². The highest BCUT2D eigenvalue weighted by Crippen LogP contribution is 2.38. The Morgan fingerprint density at radius 3 is 2.64 bits per heavy atom. The highest BCUT2D eigenvalue weighted by Gasteiger charge is 2.19. The van der Waals surface area contributed by atoms with E-state index in [9.17, 15) is 4.79 Å². The van der Waals surface area contributed by atoms with Gasteiger partial charge in [0, 0.05) is 28.9 Å². The van der Waals surface area contributed by atoms with Crippen molar-refractivity contribution in [3.8, 4) is 5.75 Å². The number of nitrogens with one attached hydrogen (secondary N) is 1. The van der Waals surface area contributed by atoms with Crippen LogP contribution in [0.2, 0.25) is 0 Å². The Labute approximate surface area is 146 Å². The lowest BCUT2D eigenvalue weighted by molar-refractivity contribution is 0.0952. The molecule has 2 rings (SSSR count). The summed E-state index contributed by atoms with van der Waals surface area (Å²) < 4.78 is 6.38. The summed E-state index contributed by atoms with van der Waals surface area (Å²) in [5, 5.41) is 3.78. The van der Waals surface area contributed by atoms with Gasteiger partial charge in [-0.05, 0) is 32.3 Å². The van der Waals surface area contributed by atoms with Crippen molar-refractivity contribution in [2.45, 2.75) is 0 Å². The molecule has 0 aliphatic carbocycles. The van der Waals surface area contributed by atoms with E-state index in [-0.39, 0.29) is 30.7 Å². The summed E-state index contributed by atoms with van der Waals surface area (Å²) in [4.78, 5) is 14.8. The van der Waals surface area contributed by atoms with Crippen LogP contribution in [0.5, 0.6) is 5.75 Å². The number of thiophene rings is 1. The smallest absolute Gasteiger partial charge is 0.265 e. The van der Waals surface area contributed by atoms with Crippen LogP contribution in [0.15, 0.2) is 18.2 Å². The highest BCUT2D eigenvalue weighted by atomic mass is 35.5. The molecule has 0 fully saturated rings. The molecule has 3 N–H and O–H groups in total. The van der Waals surface area contributed by atoms with Crippen molar-refractivity contribution in [1.29, 1.82) is 0 Å². The summed E-state index contributed by atoms with van der Waals surface area (Å²) in [7, 11) is 5.51. The minimum atomic E-state index is -0.108. The molecule has 124 valence electrons. The number of halogens is 2. The van der Waals surface area contributed by atoms with Crippen LogP contribution in [0.25, 0.3) is 10.1 Å². The molecule has 1 aromatic carbocycles. The Bertz CT molecular complexity index is 632. The highest BCUT2D eigenvalue weighted by molar-refractivity contribution is 7.21. The van der Waals surface area contributed by atoms with Gasteiger partial charge in [0.1, 0.15) is 10.6 Å². The van der Waals surface area contributed by atoms with Crippen molar-refractivity contribution in [3.63, 3.8) is 0 Å². The van der Waals surface area contributed by atoms with E-state index < -0.39 is 0 Å². The normalized spacial score (nSPS) is 10.0. The molecule has 22 heavy (non-hydrogen) atoms. The summed E-state index contributed by atoms with van der Waals surface area (Å²) in [6.45, 7) is 1.40. The molecule has 1 heterocycles. The van der Waals surface area contributed by atoms with Gasteiger partial charge < -0.3 is 20.7 Å². The van der Waals surface area contributed by atoms with Crippen LogP contribution < -0.4 is 15.8 Å². The topological polar surface area (TPSA) is 67.6 Å². The Kier molecular flexibility index (Phi) is 8.55. The Hall–Kier alpha value is -1.21. The Morgan fingerprint density at radius 1 is 1.36 bits per heavy atom. The number of likely N-dealkylation sites (N-methyl/N-ethyl adjacent to an activating group) is 1. The van der Waals surface area contributed by atoms with Gasteiger partial charge in [0.15, 0.2) is 0 Å². The van der Waals surface area contributed by atoms with E-state index in [4.69, 9.17) is 10.5 Å². The van der Waals surface area contributed by atoms with Gasteiger partial charge in [-0.25, -0.2) is 0 Å². The number of carbonyl (C=O) groups is 1. The lowest BCUT2D eigenvalue weighted by Crippen LogP contribution is -2.31. The maximum absolute atomic E-state index is 12.2. The van der Waals surface area contributed by atoms with Crippen molar-refractivity contribution in [1.82, 2.24) is 10.2 Å². The SMILES string of the molecule is COc1c(C(=O)NCCN(C)C)sc2ccc(N)cc12.Cl.Cl. The number of nitrogens with two attached hydrogens (primary N) is 1. The van der Waals surface area contributed by atoms with Gasteiger partial charge in [-0.3, -0.25) is 4.79 Å². The van der Waals surface area contributed by atoms with Crippen LogP contribution in [-0.2, 0) is 0 Å². The minimum absolute atomic E-state index is 0. The van der Waals surface area contributed by atoms with E-state index in [0.717, 1.165) is 16.6 Å². The number of fused-ring (bicyclic) bond motifs is 1. The van der Waals surface area contributed by atoms with Crippen molar-refractivity contribution in [3.05, 3.63) is 23.1 Å². The van der Waals surface area contributed by atoms with Crippen molar-refractivity contribution in [2.75, 3.05) is 40.0 Å². The molecule has 8 heteroatoms. The second kappa shape index (κ2) is 9.05. The fourth-order valence-electron chi connectivity index (χ4n) is 1.92. The number of ether oxygens (including phenoxy) is 1. The standard InChI is InChI=1S/C14H19N3O2S.2ClH/c1-17(2)7-6-16-14(18)13-12(19-3)10-8-9(15)4-5-11(10)20-13;;/h4-5,8H,6-7,15H2,1-3H3,(H,16,18);2*1H. The van der Waals surface area contributed by atoms with Crippen molar-refractivity contribution < 1.29 is 9.53 Å². The van der Waals surface area contributed by atoms with Gasteiger partial charge in [0.2, 0.25) is 0 Å². The molecule has 0 aliphatic heterocycles. The van der Waals surface area contributed by atoms with E-state index in [0.29, 0.717) is 22.9 Å². The molecule has 1 amide bonds. The predicted molar refractivity (Wildman–Crippen MR) is 98.2 cm³/mol. The Morgan fingerprint density at radius 2 is 2.05 bits per heavy atom. The molecule has 5 nitrogen and oxygen atoms in total. The molecular formula is C14H21Cl2N3O2S. The van der Waals surface area contributed by atoms with Gasteiger partial charge in [-0.2, -0.15) is 0 Å². The first-order valence-corrected chi connectivity index (χ1v) is 7.13. The monoisotopic (exact) mass is 365 g/mol. The van der Waals surface area contributed by atoms with E-state index in [1.54, 1.807) is 7.11 Å². The van der Waals surface area contributed by atoms with E-state index in [1.807, 2.05) is 37.2 Å². The summed E-state index contributed by atoms with van der Waals surface area (Å²) in [5.41, 5.74) is 6.45. The molecule has 0 unspecified atom stereocenters. The molecular weight excluding hydrogens is 345 g/mol. The van der Waals surface area contributed by atoms with Crippen LogP contribution in [-0.4, -0.2) is 45.1 Å². The van der Waals surface area contributed by atoms with Gasteiger partial charge in [-0.1, -0.05) is 0 Å². The van der Waals surface area contributed by atoms with Gasteiger partial charge in [0.05, 0.1) is 7.11 Å². The average molecular weight is 366 g/mol. The second-order valence-electron chi connectivity index (χ2n) is 4.78. The molecule has 0 saturated carbocycles. The number of hydrogen-bond acceptors (Lipinski definition) is 5. The maximum Gasteiger partial charge on any atom is 0.265 e. The molecule has 0 radical (unpaired) electrons. The third-order valence-electron chi connectivity index (χ3n) is 2.92. The van der Waals surface area contributed by atoms with Crippen LogP contribution >= 0.6 is 36.2 Å². The molecule has 0 atom stereocenters. The zero-order valence-corrected chi connectivity index (χ0v) is 15.2. The van der Waals surface area contributed by atoms with Gasteiger partial charge in [-0.15, -0.1) is 36.2 Å². The molecule has 0 aliphatic rings. The largest absolute Gasteiger partial charge is 0.494 e. The fraction of sp³-hybridized carbons (Fsp3) is 0.357. The fourth-order valence-corrected chi connectivity index (χ4v) is 2.99. The predicted octanol–water partition coefficient (Wildman–Crippen LogP) is 2.63. The number of benzene rings is 1. The number of methoxy groups -OCH3 is 1.